The summed E-state index contributed by atoms with van der Waals surface area (Å²) in [5, 5.41) is 2.85. The molecule has 9 heteroatoms. The van der Waals surface area contributed by atoms with Crippen molar-refractivity contribution in [3.8, 4) is 0 Å². The summed E-state index contributed by atoms with van der Waals surface area (Å²) in [5.74, 6) is -1.19. The third kappa shape index (κ3) is 6.81. The molecule has 3 amide bonds. The maximum absolute atomic E-state index is 13.1. The molecule has 0 aliphatic carbocycles. The number of likely N-dealkylation sites (tertiary alicyclic amines) is 1. The summed E-state index contributed by atoms with van der Waals surface area (Å²) < 4.78 is 18.5. The van der Waals surface area contributed by atoms with E-state index in [1.54, 1.807) is 24.1 Å². The fourth-order valence-electron chi connectivity index (χ4n) is 4.68. The molecule has 2 aliphatic heterocycles. The normalized spacial score (nSPS) is 18.0. The molecular formula is C27H33FN4O4. The van der Waals surface area contributed by atoms with Crippen LogP contribution in [0.4, 0.5) is 15.8 Å². The van der Waals surface area contributed by atoms with E-state index in [0.29, 0.717) is 38.4 Å². The van der Waals surface area contributed by atoms with Crippen LogP contribution in [0, 0.1) is 11.7 Å². The molecule has 192 valence electrons. The minimum absolute atomic E-state index is 0.0654. The molecule has 36 heavy (non-hydrogen) atoms. The average Bonchev–Trinajstić information content (AvgIpc) is 2.90. The number of nitrogens with one attached hydrogen (secondary N) is 1. The van der Waals surface area contributed by atoms with Crippen molar-refractivity contribution in [1.82, 2.24) is 9.80 Å². The lowest BCUT2D eigenvalue weighted by Crippen LogP contribution is -2.47. The largest absolute Gasteiger partial charge is 0.378 e. The minimum atomic E-state index is -0.346. The summed E-state index contributed by atoms with van der Waals surface area (Å²) in [6.45, 7) is 3.95. The number of halogens is 1. The Bertz CT molecular complexity index is 1050. The number of nitrogens with zero attached hydrogens (tertiary/aromatic N) is 3. The van der Waals surface area contributed by atoms with Crippen LogP contribution in [0.2, 0.25) is 0 Å². The van der Waals surface area contributed by atoms with Gasteiger partial charge in [-0.2, -0.15) is 0 Å². The van der Waals surface area contributed by atoms with Crippen LogP contribution in [0.3, 0.4) is 0 Å². The van der Waals surface area contributed by atoms with Crippen molar-refractivity contribution in [2.45, 2.75) is 19.3 Å². The van der Waals surface area contributed by atoms with Gasteiger partial charge in [-0.3, -0.25) is 14.4 Å². The van der Waals surface area contributed by atoms with Gasteiger partial charge in [0, 0.05) is 44.6 Å². The Morgan fingerprint density at radius 3 is 2.42 bits per heavy atom. The van der Waals surface area contributed by atoms with Crippen molar-refractivity contribution in [1.29, 1.82) is 0 Å². The van der Waals surface area contributed by atoms with E-state index in [9.17, 15) is 18.8 Å². The second-order valence-corrected chi connectivity index (χ2v) is 9.37. The Balaban J connectivity index is 1.25. The highest BCUT2D eigenvalue weighted by Gasteiger charge is 2.30. The number of hydrogen-bond acceptors (Lipinski definition) is 5. The number of amides is 3. The van der Waals surface area contributed by atoms with E-state index in [0.717, 1.165) is 30.8 Å². The predicted octanol–water partition coefficient (Wildman–Crippen LogP) is 2.54. The van der Waals surface area contributed by atoms with Gasteiger partial charge >= 0.3 is 0 Å². The van der Waals surface area contributed by atoms with Gasteiger partial charge in [0.1, 0.15) is 5.82 Å². The highest BCUT2D eigenvalue weighted by Crippen LogP contribution is 2.21. The van der Waals surface area contributed by atoms with Gasteiger partial charge in [-0.15, -0.1) is 0 Å². The molecule has 1 unspecified atom stereocenters. The van der Waals surface area contributed by atoms with Crippen molar-refractivity contribution in [3.63, 3.8) is 0 Å². The number of rotatable bonds is 7. The van der Waals surface area contributed by atoms with Gasteiger partial charge in [0.2, 0.25) is 17.7 Å². The first-order valence-electron chi connectivity index (χ1n) is 12.4. The Morgan fingerprint density at radius 1 is 1.03 bits per heavy atom. The third-order valence-electron chi connectivity index (χ3n) is 6.68. The summed E-state index contributed by atoms with van der Waals surface area (Å²) >= 11 is 0. The predicted molar refractivity (Wildman–Crippen MR) is 135 cm³/mol. The van der Waals surface area contributed by atoms with E-state index in [-0.39, 0.29) is 42.4 Å². The number of benzene rings is 2. The highest BCUT2D eigenvalue weighted by molar-refractivity contribution is 5.95. The van der Waals surface area contributed by atoms with Gasteiger partial charge in [-0.05, 0) is 54.8 Å². The molecule has 1 N–H and O–H groups in total. The van der Waals surface area contributed by atoms with Crippen LogP contribution < -0.4 is 10.2 Å². The number of hydrogen-bond donors (Lipinski definition) is 1. The van der Waals surface area contributed by atoms with E-state index in [1.165, 1.54) is 17.0 Å². The Hall–Kier alpha value is -3.46. The zero-order chi connectivity index (χ0) is 25.5. The zero-order valence-electron chi connectivity index (χ0n) is 20.6. The Labute approximate surface area is 211 Å². The van der Waals surface area contributed by atoms with Gasteiger partial charge in [-0.25, -0.2) is 4.39 Å². The lowest BCUT2D eigenvalue weighted by molar-refractivity contribution is -0.141. The van der Waals surface area contributed by atoms with Crippen molar-refractivity contribution in [2.75, 3.05) is 63.2 Å². The van der Waals surface area contributed by atoms with Crippen LogP contribution in [-0.2, 0) is 25.5 Å². The number of carbonyl (C=O) groups is 3. The first-order chi connectivity index (χ1) is 17.4. The average molecular weight is 497 g/mol. The molecule has 2 saturated heterocycles. The van der Waals surface area contributed by atoms with E-state index < -0.39 is 0 Å². The molecule has 0 bridgehead atoms. The van der Waals surface area contributed by atoms with Crippen LogP contribution in [0.15, 0.2) is 48.5 Å². The quantitative estimate of drug-likeness (QED) is 0.637. The number of carbonyl (C=O) groups excluding carboxylic acids is 3. The van der Waals surface area contributed by atoms with Gasteiger partial charge in [0.05, 0.1) is 32.1 Å². The second-order valence-electron chi connectivity index (χ2n) is 9.37. The number of piperidine rings is 1. The molecule has 2 fully saturated rings. The van der Waals surface area contributed by atoms with Crippen LogP contribution in [0.5, 0.6) is 0 Å². The van der Waals surface area contributed by atoms with E-state index >= 15 is 0 Å². The van der Waals surface area contributed by atoms with Crippen LogP contribution in [-0.4, -0.2) is 80.5 Å². The van der Waals surface area contributed by atoms with Crippen molar-refractivity contribution in [2.24, 2.45) is 5.92 Å². The molecule has 2 aromatic carbocycles. The summed E-state index contributed by atoms with van der Waals surface area (Å²) in [4.78, 5) is 43.7. The fourth-order valence-corrected chi connectivity index (χ4v) is 4.68. The van der Waals surface area contributed by atoms with Gasteiger partial charge in [0.15, 0.2) is 0 Å². The maximum Gasteiger partial charge on any atom is 0.243 e. The van der Waals surface area contributed by atoms with E-state index in [2.05, 4.69) is 10.2 Å². The van der Waals surface area contributed by atoms with Crippen LogP contribution in [0.1, 0.15) is 18.4 Å². The first kappa shape index (κ1) is 25.6. The maximum atomic E-state index is 13.1. The lowest BCUT2D eigenvalue weighted by atomic mass is 9.96. The van der Waals surface area contributed by atoms with Gasteiger partial charge in [0.25, 0.3) is 0 Å². The van der Waals surface area contributed by atoms with Crippen LogP contribution >= 0.6 is 0 Å². The molecule has 0 spiro atoms. The van der Waals surface area contributed by atoms with Crippen LogP contribution in [0.25, 0.3) is 0 Å². The summed E-state index contributed by atoms with van der Waals surface area (Å²) in [7, 11) is 1.61. The summed E-state index contributed by atoms with van der Waals surface area (Å²) in [5.41, 5.74) is 2.49. The first-order valence-corrected chi connectivity index (χ1v) is 12.4. The Morgan fingerprint density at radius 2 is 1.72 bits per heavy atom. The second kappa shape index (κ2) is 12.0. The van der Waals surface area contributed by atoms with Crippen molar-refractivity contribution >= 4 is 29.1 Å². The smallest absolute Gasteiger partial charge is 0.243 e. The molecule has 0 aromatic heterocycles. The van der Waals surface area contributed by atoms with Crippen molar-refractivity contribution < 1.29 is 23.5 Å². The SMILES string of the molecule is CN(CC(=O)Nc1ccc(N2CCOCC2)cc1)C(=O)C1CCCN(C(=O)Cc2ccc(F)cc2)C1. The zero-order valence-corrected chi connectivity index (χ0v) is 20.6. The summed E-state index contributed by atoms with van der Waals surface area (Å²) in [6, 6.07) is 13.5. The molecular weight excluding hydrogens is 463 g/mol. The third-order valence-corrected chi connectivity index (χ3v) is 6.68. The number of ether oxygens (including phenoxy) is 1. The molecule has 2 aliphatic rings. The summed E-state index contributed by atoms with van der Waals surface area (Å²) in [6.07, 6.45) is 1.57. The number of anilines is 2. The lowest BCUT2D eigenvalue weighted by Gasteiger charge is -2.34. The van der Waals surface area contributed by atoms with E-state index in [4.69, 9.17) is 4.74 Å². The minimum Gasteiger partial charge on any atom is -0.378 e. The molecule has 2 aromatic rings. The van der Waals surface area contributed by atoms with Gasteiger partial charge < -0.3 is 24.8 Å². The monoisotopic (exact) mass is 496 g/mol. The molecule has 0 radical (unpaired) electrons. The molecule has 0 saturated carbocycles. The molecule has 4 rings (SSSR count). The molecule has 1 atom stereocenters. The topological polar surface area (TPSA) is 82.2 Å². The Kier molecular flexibility index (Phi) is 8.53. The number of morpholine rings is 1. The van der Waals surface area contributed by atoms with E-state index in [1.807, 2.05) is 24.3 Å². The van der Waals surface area contributed by atoms with Crippen molar-refractivity contribution in [3.05, 3.63) is 59.9 Å². The number of likely N-dealkylation sites (N-methyl/N-ethyl adjacent to an activating group) is 1. The highest BCUT2D eigenvalue weighted by atomic mass is 19.1. The van der Waals surface area contributed by atoms with Gasteiger partial charge in [-0.1, -0.05) is 12.1 Å². The molecule has 8 nitrogen and oxygen atoms in total. The fraction of sp³-hybridized carbons (Fsp3) is 0.444. The molecule has 2 heterocycles. The standard InChI is InChI=1S/C27H33FN4O4/c1-30(19-25(33)29-23-8-10-24(11-9-23)31-13-15-36-16-14-31)27(35)21-3-2-12-32(18-21)26(34)17-20-4-6-22(28)7-5-20/h4-11,21H,2-3,12-19H2,1H3,(H,29,33).